The molecular formula is C12H15NO. The van der Waals surface area contributed by atoms with Crippen molar-refractivity contribution in [3.8, 4) is 0 Å². The molecule has 0 spiro atoms. The summed E-state index contributed by atoms with van der Waals surface area (Å²) < 4.78 is 0. The lowest BCUT2D eigenvalue weighted by Gasteiger charge is -1.97. The van der Waals surface area contributed by atoms with Crippen molar-refractivity contribution in [3.63, 3.8) is 0 Å². The molecule has 0 atom stereocenters. The minimum atomic E-state index is -0.0791. The van der Waals surface area contributed by atoms with Gasteiger partial charge in [0.05, 0.1) is 0 Å². The molecule has 0 bridgehead atoms. The van der Waals surface area contributed by atoms with E-state index in [4.69, 9.17) is 0 Å². The largest absolute Gasteiger partial charge is 0.356 e. The highest BCUT2D eigenvalue weighted by Gasteiger charge is 1.91. The molecule has 1 amide bonds. The Morgan fingerprint density at radius 3 is 2.50 bits per heavy atom. The fourth-order valence-corrected chi connectivity index (χ4v) is 1.12. The highest BCUT2D eigenvalue weighted by molar-refractivity contribution is 5.91. The molecule has 0 aliphatic carbocycles. The third-order valence-corrected chi connectivity index (χ3v) is 2.06. The topological polar surface area (TPSA) is 29.1 Å². The van der Waals surface area contributed by atoms with Gasteiger partial charge in [0.2, 0.25) is 5.91 Å². The Hall–Kier alpha value is -1.57. The molecule has 0 radical (unpaired) electrons. The van der Waals surface area contributed by atoms with E-state index < -0.39 is 0 Å². The predicted molar refractivity (Wildman–Crippen MR) is 58.9 cm³/mol. The van der Waals surface area contributed by atoms with Crippen molar-refractivity contribution in [1.82, 2.24) is 5.32 Å². The highest BCUT2D eigenvalue weighted by Crippen LogP contribution is 2.06. The van der Waals surface area contributed by atoms with E-state index in [2.05, 4.69) is 24.4 Å². The van der Waals surface area contributed by atoms with Crippen molar-refractivity contribution < 1.29 is 4.79 Å². The molecule has 0 aliphatic rings. The third-order valence-electron chi connectivity index (χ3n) is 2.06. The molecule has 2 heteroatoms. The summed E-state index contributed by atoms with van der Waals surface area (Å²) >= 11 is 0. The van der Waals surface area contributed by atoms with Crippen LogP contribution in [0.4, 0.5) is 0 Å². The van der Waals surface area contributed by atoms with E-state index in [-0.39, 0.29) is 5.91 Å². The molecule has 14 heavy (non-hydrogen) atoms. The SMILES string of the molecule is CCc1ccc(/C=C/C(=O)NC)cc1. The lowest BCUT2D eigenvalue weighted by Crippen LogP contribution is -2.13. The molecule has 0 aromatic heterocycles. The zero-order valence-corrected chi connectivity index (χ0v) is 8.58. The highest BCUT2D eigenvalue weighted by atomic mass is 16.1. The zero-order chi connectivity index (χ0) is 10.4. The number of carbonyl (C=O) groups is 1. The van der Waals surface area contributed by atoms with Gasteiger partial charge in [0.1, 0.15) is 0 Å². The van der Waals surface area contributed by atoms with Crippen LogP contribution < -0.4 is 5.32 Å². The molecule has 2 nitrogen and oxygen atoms in total. The predicted octanol–water partition coefficient (Wildman–Crippen LogP) is 2.01. The Balaban J connectivity index is 2.68. The van der Waals surface area contributed by atoms with Gasteiger partial charge < -0.3 is 5.32 Å². The minimum Gasteiger partial charge on any atom is -0.356 e. The van der Waals surface area contributed by atoms with Crippen LogP contribution in [-0.4, -0.2) is 13.0 Å². The molecule has 1 rings (SSSR count). The lowest BCUT2D eigenvalue weighted by molar-refractivity contribution is -0.115. The summed E-state index contributed by atoms with van der Waals surface area (Å²) in [6.45, 7) is 2.12. The van der Waals surface area contributed by atoms with E-state index in [1.54, 1.807) is 13.1 Å². The Labute approximate surface area is 84.6 Å². The van der Waals surface area contributed by atoms with Gasteiger partial charge in [-0.2, -0.15) is 0 Å². The standard InChI is InChI=1S/C12H15NO/c1-3-10-4-6-11(7-5-10)8-9-12(14)13-2/h4-9H,3H2,1-2H3,(H,13,14)/b9-8+. The smallest absolute Gasteiger partial charge is 0.243 e. The first-order valence-electron chi connectivity index (χ1n) is 4.75. The molecule has 0 aliphatic heterocycles. The van der Waals surface area contributed by atoms with Gasteiger partial charge >= 0.3 is 0 Å². The number of hydrogen-bond donors (Lipinski definition) is 1. The summed E-state index contributed by atoms with van der Waals surface area (Å²) in [5.74, 6) is -0.0791. The Morgan fingerprint density at radius 2 is 2.00 bits per heavy atom. The second kappa shape index (κ2) is 5.22. The van der Waals surface area contributed by atoms with Crippen molar-refractivity contribution in [2.75, 3.05) is 7.05 Å². The van der Waals surface area contributed by atoms with E-state index in [1.807, 2.05) is 12.1 Å². The van der Waals surface area contributed by atoms with Crippen molar-refractivity contribution in [3.05, 3.63) is 41.5 Å². The monoisotopic (exact) mass is 189 g/mol. The maximum atomic E-state index is 10.9. The molecular weight excluding hydrogens is 174 g/mol. The molecule has 0 saturated carbocycles. The summed E-state index contributed by atoms with van der Waals surface area (Å²) in [6, 6.07) is 8.17. The first-order chi connectivity index (χ1) is 6.76. The van der Waals surface area contributed by atoms with Crippen LogP contribution >= 0.6 is 0 Å². The average molecular weight is 189 g/mol. The van der Waals surface area contributed by atoms with Crippen LogP contribution in [0.5, 0.6) is 0 Å². The fourth-order valence-electron chi connectivity index (χ4n) is 1.12. The molecule has 1 aromatic carbocycles. The van der Waals surface area contributed by atoms with Gasteiger partial charge in [-0.15, -0.1) is 0 Å². The van der Waals surface area contributed by atoms with E-state index in [0.717, 1.165) is 12.0 Å². The van der Waals surface area contributed by atoms with Crippen molar-refractivity contribution >= 4 is 12.0 Å². The summed E-state index contributed by atoms with van der Waals surface area (Å²) in [7, 11) is 1.62. The van der Waals surface area contributed by atoms with Crippen LogP contribution in [0.1, 0.15) is 18.1 Å². The van der Waals surface area contributed by atoms with Crippen LogP contribution in [0.3, 0.4) is 0 Å². The van der Waals surface area contributed by atoms with Gasteiger partial charge in [0.25, 0.3) is 0 Å². The van der Waals surface area contributed by atoms with Crippen LogP contribution in [0.15, 0.2) is 30.3 Å². The summed E-state index contributed by atoms with van der Waals surface area (Å²) in [4.78, 5) is 10.9. The normalized spacial score (nSPS) is 10.4. The number of benzene rings is 1. The maximum absolute atomic E-state index is 10.9. The maximum Gasteiger partial charge on any atom is 0.243 e. The number of hydrogen-bond acceptors (Lipinski definition) is 1. The van der Waals surface area contributed by atoms with Crippen LogP contribution in [0.2, 0.25) is 0 Å². The molecule has 0 saturated heterocycles. The molecule has 0 heterocycles. The Bertz CT molecular complexity index is 325. The summed E-state index contributed by atoms with van der Waals surface area (Å²) in [5.41, 5.74) is 2.35. The molecule has 1 N–H and O–H groups in total. The van der Waals surface area contributed by atoms with E-state index in [0.29, 0.717) is 0 Å². The Kier molecular flexibility index (Phi) is 3.92. The van der Waals surface area contributed by atoms with E-state index in [9.17, 15) is 4.79 Å². The van der Waals surface area contributed by atoms with E-state index >= 15 is 0 Å². The quantitative estimate of drug-likeness (QED) is 0.724. The molecule has 1 aromatic rings. The van der Waals surface area contributed by atoms with Gasteiger partial charge in [0.15, 0.2) is 0 Å². The van der Waals surface area contributed by atoms with Gasteiger partial charge in [0, 0.05) is 13.1 Å². The fraction of sp³-hybridized carbons (Fsp3) is 0.250. The number of rotatable bonds is 3. The molecule has 0 unspecified atom stereocenters. The van der Waals surface area contributed by atoms with Gasteiger partial charge in [-0.1, -0.05) is 31.2 Å². The molecule has 74 valence electrons. The first kappa shape index (κ1) is 10.5. The second-order valence-corrected chi connectivity index (χ2v) is 3.04. The number of aryl methyl sites for hydroxylation is 1. The summed E-state index contributed by atoms with van der Waals surface area (Å²) in [5, 5.41) is 2.53. The van der Waals surface area contributed by atoms with Crippen molar-refractivity contribution in [2.45, 2.75) is 13.3 Å². The Morgan fingerprint density at radius 1 is 1.36 bits per heavy atom. The summed E-state index contributed by atoms with van der Waals surface area (Å²) in [6.07, 6.45) is 4.37. The number of carbonyl (C=O) groups excluding carboxylic acids is 1. The van der Waals surface area contributed by atoms with Crippen molar-refractivity contribution in [2.24, 2.45) is 0 Å². The minimum absolute atomic E-state index is 0.0791. The molecule has 0 fully saturated rings. The number of nitrogens with one attached hydrogen (secondary N) is 1. The second-order valence-electron chi connectivity index (χ2n) is 3.04. The van der Waals surface area contributed by atoms with Gasteiger partial charge in [-0.05, 0) is 23.6 Å². The number of amides is 1. The average Bonchev–Trinajstić information content (AvgIpc) is 2.26. The lowest BCUT2D eigenvalue weighted by atomic mass is 10.1. The number of likely N-dealkylation sites (N-methyl/N-ethyl adjacent to an activating group) is 1. The van der Waals surface area contributed by atoms with Crippen LogP contribution in [0, 0.1) is 0 Å². The third kappa shape index (κ3) is 3.05. The zero-order valence-electron chi connectivity index (χ0n) is 8.58. The van der Waals surface area contributed by atoms with Crippen LogP contribution in [0.25, 0.3) is 6.08 Å². The first-order valence-corrected chi connectivity index (χ1v) is 4.75. The van der Waals surface area contributed by atoms with Crippen molar-refractivity contribution in [1.29, 1.82) is 0 Å². The van der Waals surface area contributed by atoms with Gasteiger partial charge in [-0.3, -0.25) is 4.79 Å². The van der Waals surface area contributed by atoms with Gasteiger partial charge in [-0.25, -0.2) is 0 Å². The van der Waals surface area contributed by atoms with E-state index in [1.165, 1.54) is 11.6 Å². The van der Waals surface area contributed by atoms with Crippen LogP contribution in [-0.2, 0) is 11.2 Å².